The number of Topliss-reactive ketones (excluding diaryl/α,β-unsaturated/α-hetero) is 2. The topological polar surface area (TPSA) is 72.5 Å². The van der Waals surface area contributed by atoms with Gasteiger partial charge >= 0.3 is 5.97 Å². The summed E-state index contributed by atoms with van der Waals surface area (Å²) in [6, 6.07) is 0. The summed E-state index contributed by atoms with van der Waals surface area (Å²) in [6.45, 7) is 10.7. The van der Waals surface area contributed by atoms with Crippen LogP contribution in [0.3, 0.4) is 0 Å². The van der Waals surface area contributed by atoms with E-state index in [2.05, 4.69) is 19.2 Å². The number of carbonyl (C=O) groups excluding carboxylic acids is 3. The molecule has 0 radical (unpaired) electrons. The van der Waals surface area contributed by atoms with Crippen LogP contribution in [-0.4, -0.2) is 30.7 Å². The first-order chi connectivity index (χ1) is 11.5. The van der Waals surface area contributed by atoms with Crippen molar-refractivity contribution in [2.45, 2.75) is 66.7 Å². The maximum atomic E-state index is 12.7. The van der Waals surface area contributed by atoms with E-state index in [1.54, 1.807) is 6.92 Å². The lowest BCUT2D eigenvalue weighted by Gasteiger charge is -2.37. The Balaban J connectivity index is 1.99. The Morgan fingerprint density at radius 1 is 1.24 bits per heavy atom. The summed E-state index contributed by atoms with van der Waals surface area (Å²) in [5.41, 5.74) is 1.39. The van der Waals surface area contributed by atoms with E-state index in [-0.39, 0.29) is 35.3 Å². The molecule has 0 fully saturated rings. The molecule has 1 aliphatic carbocycles. The second-order valence-corrected chi connectivity index (χ2v) is 8.97. The molecule has 1 atom stereocenters. The molecule has 0 saturated carbocycles. The molecule has 140 valence electrons. The Hall–Kier alpha value is -1.65. The third-order valence-electron chi connectivity index (χ3n) is 5.04. The molecule has 0 aromatic heterocycles. The van der Waals surface area contributed by atoms with Crippen molar-refractivity contribution in [1.82, 2.24) is 5.32 Å². The van der Waals surface area contributed by atoms with Gasteiger partial charge in [-0.15, -0.1) is 0 Å². The van der Waals surface area contributed by atoms with E-state index in [0.29, 0.717) is 32.4 Å². The van der Waals surface area contributed by atoms with Gasteiger partial charge in [0.1, 0.15) is 5.78 Å². The van der Waals surface area contributed by atoms with Gasteiger partial charge in [0.15, 0.2) is 5.78 Å². The summed E-state index contributed by atoms with van der Waals surface area (Å²) in [7, 11) is 0. The molecule has 0 aromatic rings. The van der Waals surface area contributed by atoms with Gasteiger partial charge in [0.25, 0.3) is 0 Å². The van der Waals surface area contributed by atoms with Crippen LogP contribution < -0.4 is 5.32 Å². The van der Waals surface area contributed by atoms with Crippen molar-refractivity contribution in [3.63, 3.8) is 0 Å². The van der Waals surface area contributed by atoms with E-state index in [1.807, 2.05) is 13.8 Å². The summed E-state index contributed by atoms with van der Waals surface area (Å²) in [6.07, 6.45) is 2.49. The van der Waals surface area contributed by atoms with Gasteiger partial charge in [0.05, 0.1) is 13.0 Å². The second kappa shape index (κ2) is 7.30. The number of hydrogen-bond acceptors (Lipinski definition) is 5. The number of allylic oxidation sites excluding steroid dienone is 2. The smallest absolute Gasteiger partial charge is 0.306 e. The molecule has 5 nitrogen and oxygen atoms in total. The lowest BCUT2D eigenvalue weighted by Crippen LogP contribution is -2.41. The summed E-state index contributed by atoms with van der Waals surface area (Å²) in [4.78, 5) is 36.9. The predicted octanol–water partition coefficient (Wildman–Crippen LogP) is 3.18. The molecule has 1 unspecified atom stereocenters. The van der Waals surface area contributed by atoms with Crippen LogP contribution in [0.15, 0.2) is 11.3 Å². The van der Waals surface area contributed by atoms with Crippen molar-refractivity contribution in [3.8, 4) is 0 Å². The molecule has 0 aromatic carbocycles. The van der Waals surface area contributed by atoms with E-state index in [9.17, 15) is 14.4 Å². The highest BCUT2D eigenvalue weighted by Crippen LogP contribution is 2.40. The van der Waals surface area contributed by atoms with Crippen LogP contribution in [0.5, 0.6) is 0 Å². The third-order valence-corrected chi connectivity index (χ3v) is 5.04. The molecule has 5 heteroatoms. The standard InChI is InChI=1S/C20H31NO4/c1-6-25-18(24)11-20(4,5)9-16(22)13-7-14-15(21-12-13)8-19(2,3)10-17(14)23/h13,21H,6-12H2,1-5H3. The number of rotatable bonds is 6. The van der Waals surface area contributed by atoms with Crippen LogP contribution in [0.1, 0.15) is 66.7 Å². The maximum absolute atomic E-state index is 12.7. The highest BCUT2D eigenvalue weighted by atomic mass is 16.5. The van der Waals surface area contributed by atoms with Gasteiger partial charge < -0.3 is 10.1 Å². The average Bonchev–Trinajstić information content (AvgIpc) is 2.44. The van der Waals surface area contributed by atoms with Gasteiger partial charge in [-0.25, -0.2) is 0 Å². The predicted molar refractivity (Wildman–Crippen MR) is 95.8 cm³/mol. The Labute approximate surface area is 150 Å². The first kappa shape index (κ1) is 19.7. The monoisotopic (exact) mass is 349 g/mol. The van der Waals surface area contributed by atoms with Gasteiger partial charge in [-0.1, -0.05) is 27.7 Å². The lowest BCUT2D eigenvalue weighted by molar-refractivity contribution is -0.145. The SMILES string of the molecule is CCOC(=O)CC(C)(C)CC(=O)C1CNC2=C(C1)C(=O)CC(C)(C)C2. The number of ketones is 2. The van der Waals surface area contributed by atoms with E-state index in [1.165, 1.54) is 0 Å². The molecule has 0 spiro atoms. The normalized spacial score (nSPS) is 22.9. The molecule has 2 rings (SSSR count). The van der Waals surface area contributed by atoms with Crippen molar-refractivity contribution >= 4 is 17.5 Å². The molecule has 1 N–H and O–H groups in total. The van der Waals surface area contributed by atoms with Crippen LogP contribution in [-0.2, 0) is 19.1 Å². The minimum Gasteiger partial charge on any atom is -0.466 e. The highest BCUT2D eigenvalue weighted by Gasteiger charge is 2.38. The van der Waals surface area contributed by atoms with Crippen LogP contribution in [0.2, 0.25) is 0 Å². The van der Waals surface area contributed by atoms with Crippen molar-refractivity contribution in [2.24, 2.45) is 16.7 Å². The zero-order chi connectivity index (χ0) is 18.8. The number of ether oxygens (including phenoxy) is 1. The lowest BCUT2D eigenvalue weighted by atomic mass is 9.71. The van der Waals surface area contributed by atoms with Gasteiger partial charge in [-0.3, -0.25) is 14.4 Å². The van der Waals surface area contributed by atoms with Gasteiger partial charge in [0.2, 0.25) is 0 Å². The number of esters is 1. The summed E-state index contributed by atoms with van der Waals surface area (Å²) >= 11 is 0. The molecule has 0 amide bonds. The van der Waals surface area contributed by atoms with E-state index in [0.717, 1.165) is 17.7 Å². The summed E-state index contributed by atoms with van der Waals surface area (Å²) in [5, 5.41) is 3.33. The van der Waals surface area contributed by atoms with Gasteiger partial charge in [-0.2, -0.15) is 0 Å². The minimum atomic E-state index is -0.434. The van der Waals surface area contributed by atoms with Crippen molar-refractivity contribution in [3.05, 3.63) is 11.3 Å². The Morgan fingerprint density at radius 3 is 2.56 bits per heavy atom. The zero-order valence-corrected chi connectivity index (χ0v) is 16.2. The molecule has 1 aliphatic heterocycles. The fourth-order valence-electron chi connectivity index (χ4n) is 3.84. The first-order valence-electron chi connectivity index (χ1n) is 9.20. The Bertz CT molecular complexity index is 601. The average molecular weight is 349 g/mol. The molecule has 0 bridgehead atoms. The van der Waals surface area contributed by atoms with Crippen LogP contribution in [0.25, 0.3) is 0 Å². The summed E-state index contributed by atoms with van der Waals surface area (Å²) < 4.78 is 4.99. The number of hydrogen-bond donors (Lipinski definition) is 1. The van der Waals surface area contributed by atoms with Crippen LogP contribution in [0, 0.1) is 16.7 Å². The zero-order valence-electron chi connectivity index (χ0n) is 16.2. The van der Waals surface area contributed by atoms with Crippen molar-refractivity contribution in [1.29, 1.82) is 0 Å². The third kappa shape index (κ3) is 5.16. The summed E-state index contributed by atoms with van der Waals surface area (Å²) in [5.74, 6) is -0.171. The van der Waals surface area contributed by atoms with Gasteiger partial charge in [0, 0.05) is 36.6 Å². The number of nitrogens with one attached hydrogen (secondary N) is 1. The van der Waals surface area contributed by atoms with Crippen LogP contribution in [0.4, 0.5) is 0 Å². The molecular weight excluding hydrogens is 318 g/mol. The molecule has 1 heterocycles. The quantitative estimate of drug-likeness (QED) is 0.746. The fraction of sp³-hybridized carbons (Fsp3) is 0.750. The van der Waals surface area contributed by atoms with Crippen molar-refractivity contribution in [2.75, 3.05) is 13.2 Å². The maximum Gasteiger partial charge on any atom is 0.306 e. The molecule has 0 saturated heterocycles. The second-order valence-electron chi connectivity index (χ2n) is 8.97. The van der Waals surface area contributed by atoms with E-state index >= 15 is 0 Å². The van der Waals surface area contributed by atoms with E-state index < -0.39 is 5.41 Å². The fourth-order valence-corrected chi connectivity index (χ4v) is 3.84. The largest absolute Gasteiger partial charge is 0.466 e. The van der Waals surface area contributed by atoms with E-state index in [4.69, 9.17) is 4.74 Å². The first-order valence-corrected chi connectivity index (χ1v) is 9.20. The molecular formula is C20H31NO4. The minimum absolute atomic E-state index is 0.0125. The molecule has 2 aliphatic rings. The van der Waals surface area contributed by atoms with Crippen LogP contribution >= 0.6 is 0 Å². The van der Waals surface area contributed by atoms with Crippen molar-refractivity contribution < 1.29 is 19.1 Å². The van der Waals surface area contributed by atoms with Gasteiger partial charge in [-0.05, 0) is 30.6 Å². The Morgan fingerprint density at radius 2 is 1.92 bits per heavy atom. The Kier molecular flexibility index (Phi) is 5.75. The molecule has 25 heavy (non-hydrogen) atoms. The highest BCUT2D eigenvalue weighted by molar-refractivity contribution is 5.98. The number of carbonyl (C=O) groups is 3.